The summed E-state index contributed by atoms with van der Waals surface area (Å²) in [5.41, 5.74) is -0.942. The molecular formula is C20H36O11S. The Morgan fingerprint density at radius 2 is 1.44 bits per heavy atom. The quantitative estimate of drug-likeness (QED) is 0.239. The summed E-state index contributed by atoms with van der Waals surface area (Å²) < 4.78 is 35.9. The molecule has 0 amide bonds. The number of ether oxygens (including phenoxy) is 6. The summed E-state index contributed by atoms with van der Waals surface area (Å²) in [6.07, 6.45) is -9.35. The lowest BCUT2D eigenvalue weighted by molar-refractivity contribution is -0.246. The van der Waals surface area contributed by atoms with Crippen LogP contribution in [0.4, 0.5) is 0 Å². The first kappa shape index (κ1) is 26.5. The number of hydrogen-bond donors (Lipinski definition) is 5. The second-order valence-corrected chi connectivity index (χ2v) is 10.5. The summed E-state index contributed by atoms with van der Waals surface area (Å²) >= 11 is 1.21. The molecule has 3 aliphatic heterocycles. The topological polar surface area (TPSA) is 157 Å². The van der Waals surface area contributed by atoms with Crippen LogP contribution in [0.25, 0.3) is 0 Å². The van der Waals surface area contributed by atoms with Gasteiger partial charge in [0.2, 0.25) is 0 Å². The van der Waals surface area contributed by atoms with Gasteiger partial charge in [-0.15, -0.1) is 11.8 Å². The highest BCUT2D eigenvalue weighted by atomic mass is 32.2. The molecule has 3 fully saturated rings. The van der Waals surface area contributed by atoms with Crippen molar-refractivity contribution in [2.75, 3.05) is 19.0 Å². The molecule has 3 saturated heterocycles. The summed E-state index contributed by atoms with van der Waals surface area (Å²) in [5, 5.41) is 49.3. The summed E-state index contributed by atoms with van der Waals surface area (Å²) in [6.45, 7) is 8.23. The fourth-order valence-corrected chi connectivity index (χ4v) is 4.99. The molecule has 5 N–H and O–H groups in total. The van der Waals surface area contributed by atoms with Crippen molar-refractivity contribution in [3.05, 3.63) is 0 Å². The molecule has 0 aromatic heterocycles. The van der Waals surface area contributed by atoms with Crippen LogP contribution in [0.2, 0.25) is 0 Å². The minimum absolute atomic E-state index is 0.0201. The van der Waals surface area contributed by atoms with Gasteiger partial charge in [-0.1, -0.05) is 6.92 Å². The van der Waals surface area contributed by atoms with E-state index in [0.717, 1.165) is 0 Å². The third-order valence-electron chi connectivity index (χ3n) is 5.57. The van der Waals surface area contributed by atoms with Gasteiger partial charge in [0.25, 0.3) is 0 Å². The fraction of sp³-hybridized carbons (Fsp3) is 1.00. The Kier molecular flexibility index (Phi) is 8.50. The molecule has 0 unspecified atom stereocenters. The SMILES string of the molecule is CCS[C@@H](OC[C@H]1O[C@@H]2OC(C)(C)O[C@@H]2[C@H]2OC(C)(C)O[C@H]21)[C@@H](O)[C@@H](O)[C@H](O)[C@H](O)CO. The summed E-state index contributed by atoms with van der Waals surface area (Å²) in [7, 11) is 0. The van der Waals surface area contributed by atoms with Gasteiger partial charge in [-0.2, -0.15) is 0 Å². The Hall–Kier alpha value is -0.0900. The number of aliphatic hydroxyl groups is 5. The second-order valence-electron chi connectivity index (χ2n) is 9.09. The molecule has 0 bridgehead atoms. The van der Waals surface area contributed by atoms with Crippen molar-refractivity contribution in [3.8, 4) is 0 Å². The van der Waals surface area contributed by atoms with Gasteiger partial charge in [0.05, 0.1) is 13.2 Å². The molecule has 0 aromatic rings. The van der Waals surface area contributed by atoms with Crippen molar-refractivity contribution in [3.63, 3.8) is 0 Å². The first-order chi connectivity index (χ1) is 14.9. The van der Waals surface area contributed by atoms with E-state index in [1.165, 1.54) is 11.8 Å². The Labute approximate surface area is 191 Å². The average Bonchev–Trinajstić information content (AvgIpc) is 3.22. The number of hydrogen-bond acceptors (Lipinski definition) is 12. The molecule has 11 nitrogen and oxygen atoms in total. The number of aliphatic hydroxyl groups excluding tert-OH is 5. The van der Waals surface area contributed by atoms with E-state index in [1.54, 1.807) is 27.7 Å². The van der Waals surface area contributed by atoms with E-state index in [-0.39, 0.29) is 6.61 Å². The van der Waals surface area contributed by atoms with Crippen LogP contribution >= 0.6 is 11.8 Å². The third-order valence-corrected chi connectivity index (χ3v) is 6.64. The molecule has 0 spiro atoms. The average molecular weight is 485 g/mol. The normalized spacial score (nSPS) is 37.9. The Morgan fingerprint density at radius 3 is 2.06 bits per heavy atom. The zero-order valence-corrected chi connectivity index (χ0v) is 19.8. The van der Waals surface area contributed by atoms with E-state index in [1.807, 2.05) is 6.92 Å². The van der Waals surface area contributed by atoms with Crippen LogP contribution in [0.15, 0.2) is 0 Å². The maximum absolute atomic E-state index is 10.6. The van der Waals surface area contributed by atoms with E-state index in [0.29, 0.717) is 5.75 Å². The lowest BCUT2D eigenvalue weighted by Gasteiger charge is -2.38. The Morgan fingerprint density at radius 1 is 0.844 bits per heavy atom. The zero-order chi connectivity index (χ0) is 23.8. The highest BCUT2D eigenvalue weighted by Gasteiger charge is 2.60. The van der Waals surface area contributed by atoms with Crippen LogP contribution in [-0.2, 0) is 28.4 Å². The van der Waals surface area contributed by atoms with E-state index < -0.39 is 78.7 Å². The lowest BCUT2D eigenvalue weighted by atomic mass is 9.99. The van der Waals surface area contributed by atoms with Gasteiger partial charge in [-0.3, -0.25) is 0 Å². The monoisotopic (exact) mass is 484 g/mol. The Bertz CT molecular complexity index is 620. The largest absolute Gasteiger partial charge is 0.394 e. The molecule has 32 heavy (non-hydrogen) atoms. The molecule has 0 aliphatic carbocycles. The lowest BCUT2D eigenvalue weighted by Crippen LogP contribution is -2.57. The predicted octanol–water partition coefficient (Wildman–Crippen LogP) is -1.09. The van der Waals surface area contributed by atoms with Gasteiger partial charge in [0.1, 0.15) is 54.3 Å². The van der Waals surface area contributed by atoms with E-state index in [2.05, 4.69) is 0 Å². The van der Waals surface area contributed by atoms with Crippen molar-refractivity contribution in [1.29, 1.82) is 0 Å². The molecule has 0 aromatic carbocycles. The first-order valence-corrected chi connectivity index (χ1v) is 11.9. The van der Waals surface area contributed by atoms with Gasteiger partial charge >= 0.3 is 0 Å². The third kappa shape index (κ3) is 5.75. The summed E-state index contributed by atoms with van der Waals surface area (Å²) in [6, 6.07) is 0. The predicted molar refractivity (Wildman–Crippen MR) is 112 cm³/mol. The smallest absolute Gasteiger partial charge is 0.190 e. The van der Waals surface area contributed by atoms with E-state index in [4.69, 9.17) is 33.5 Å². The van der Waals surface area contributed by atoms with Crippen molar-refractivity contribution in [2.45, 2.75) is 107 Å². The number of rotatable bonds is 10. The maximum Gasteiger partial charge on any atom is 0.190 e. The minimum Gasteiger partial charge on any atom is -0.394 e. The van der Waals surface area contributed by atoms with Gasteiger partial charge in [-0.05, 0) is 33.4 Å². The van der Waals surface area contributed by atoms with Gasteiger partial charge < -0.3 is 54.0 Å². The highest BCUT2D eigenvalue weighted by molar-refractivity contribution is 7.99. The molecule has 12 heteroatoms. The molecule has 188 valence electrons. The molecular weight excluding hydrogens is 448 g/mol. The zero-order valence-electron chi connectivity index (χ0n) is 19.0. The van der Waals surface area contributed by atoms with Crippen LogP contribution in [0.5, 0.6) is 0 Å². The molecule has 10 atom stereocenters. The summed E-state index contributed by atoms with van der Waals surface area (Å²) in [4.78, 5) is 0. The Balaban J connectivity index is 1.69. The van der Waals surface area contributed by atoms with Gasteiger partial charge in [0, 0.05) is 0 Å². The molecule has 3 aliphatic rings. The van der Waals surface area contributed by atoms with Crippen LogP contribution < -0.4 is 0 Å². The fourth-order valence-electron chi connectivity index (χ4n) is 4.13. The van der Waals surface area contributed by atoms with Gasteiger partial charge in [-0.25, -0.2) is 0 Å². The van der Waals surface area contributed by atoms with Crippen molar-refractivity contribution < 1.29 is 54.0 Å². The van der Waals surface area contributed by atoms with E-state index >= 15 is 0 Å². The second kappa shape index (κ2) is 10.3. The van der Waals surface area contributed by atoms with Crippen molar-refractivity contribution in [2.24, 2.45) is 0 Å². The van der Waals surface area contributed by atoms with Crippen molar-refractivity contribution in [1.82, 2.24) is 0 Å². The standard InChI is InChI=1S/C20H36O11S/c1-6-32-18(13(25)12(24)11(23)9(22)7-21)26-8-10-14-15(29-19(2,3)28-14)16-17(27-10)31-20(4,5)30-16/h9-18,21-25H,6-8H2,1-5H3/t9-,10-,11-,12+,13+,14+,15+,16-,17-,18-/m1/s1. The van der Waals surface area contributed by atoms with Crippen LogP contribution in [-0.4, -0.2) is 117 Å². The van der Waals surface area contributed by atoms with Crippen LogP contribution in [0.1, 0.15) is 34.6 Å². The first-order valence-electron chi connectivity index (χ1n) is 10.8. The maximum atomic E-state index is 10.6. The molecule has 3 heterocycles. The molecule has 0 radical (unpaired) electrons. The van der Waals surface area contributed by atoms with Crippen LogP contribution in [0, 0.1) is 0 Å². The minimum atomic E-state index is -1.74. The number of fused-ring (bicyclic) bond motifs is 3. The van der Waals surface area contributed by atoms with E-state index in [9.17, 15) is 20.4 Å². The van der Waals surface area contributed by atoms with Crippen molar-refractivity contribution >= 4 is 11.8 Å². The van der Waals surface area contributed by atoms with Crippen LogP contribution in [0.3, 0.4) is 0 Å². The molecule has 0 saturated carbocycles. The summed E-state index contributed by atoms with van der Waals surface area (Å²) in [5.74, 6) is -1.16. The molecule has 3 rings (SSSR count). The van der Waals surface area contributed by atoms with Gasteiger partial charge in [0.15, 0.2) is 17.9 Å². The number of thioether (sulfide) groups is 1. The highest BCUT2D eigenvalue weighted by Crippen LogP contribution is 2.44.